The first-order valence-corrected chi connectivity index (χ1v) is 9.14. The Labute approximate surface area is 171 Å². The normalized spacial score (nSPS) is 10.8. The molecule has 9 heteroatoms. The molecule has 2 aromatic carbocycles. The fourth-order valence-electron chi connectivity index (χ4n) is 2.40. The number of amides is 1. The molecule has 0 unspecified atom stereocenters. The molecule has 0 aliphatic heterocycles. The number of likely N-dealkylation sites (N-methyl/N-ethyl adjacent to an activating group) is 1. The van der Waals surface area contributed by atoms with Crippen molar-refractivity contribution < 1.29 is 18.3 Å². The van der Waals surface area contributed by atoms with Crippen molar-refractivity contribution >= 4 is 45.0 Å². The van der Waals surface area contributed by atoms with Gasteiger partial charge in [-0.25, -0.2) is 13.8 Å². The SMILES string of the molecule is CN(C)CCN(C(=O)COc1ccc(F)cc1)c1nc2c(F)cccc2s1.Cl. The highest BCUT2D eigenvalue weighted by molar-refractivity contribution is 7.22. The summed E-state index contributed by atoms with van der Waals surface area (Å²) in [4.78, 5) is 20.5. The van der Waals surface area contributed by atoms with Crippen molar-refractivity contribution in [3.63, 3.8) is 0 Å². The summed E-state index contributed by atoms with van der Waals surface area (Å²) < 4.78 is 33.1. The second kappa shape index (κ2) is 9.77. The number of fused-ring (bicyclic) bond motifs is 1. The highest BCUT2D eigenvalue weighted by atomic mass is 35.5. The zero-order valence-electron chi connectivity index (χ0n) is 15.4. The molecule has 28 heavy (non-hydrogen) atoms. The van der Waals surface area contributed by atoms with Crippen molar-refractivity contribution in [2.45, 2.75) is 0 Å². The molecule has 0 radical (unpaired) electrons. The molecule has 0 fully saturated rings. The number of hydrogen-bond acceptors (Lipinski definition) is 5. The molecule has 0 saturated carbocycles. The molecule has 0 atom stereocenters. The number of carbonyl (C=O) groups excluding carboxylic acids is 1. The molecule has 3 rings (SSSR count). The molecule has 0 N–H and O–H groups in total. The van der Waals surface area contributed by atoms with Crippen LogP contribution in [-0.4, -0.2) is 49.6 Å². The van der Waals surface area contributed by atoms with Crippen LogP contribution in [0.15, 0.2) is 42.5 Å². The zero-order chi connectivity index (χ0) is 19.4. The lowest BCUT2D eigenvalue weighted by Gasteiger charge is -2.22. The Morgan fingerprint density at radius 1 is 1.11 bits per heavy atom. The Kier molecular flexibility index (Phi) is 7.68. The molecule has 0 saturated heterocycles. The fraction of sp³-hybridized carbons (Fsp3) is 0.263. The minimum Gasteiger partial charge on any atom is -0.484 e. The van der Waals surface area contributed by atoms with Crippen LogP contribution >= 0.6 is 23.7 Å². The molecule has 1 heterocycles. The first-order valence-electron chi connectivity index (χ1n) is 8.32. The van der Waals surface area contributed by atoms with E-state index in [1.807, 2.05) is 19.0 Å². The van der Waals surface area contributed by atoms with Crippen molar-refractivity contribution in [2.75, 3.05) is 38.7 Å². The standard InChI is InChI=1S/C19H19F2N3O2S.ClH/c1-23(2)10-11-24(17(25)12-26-14-8-6-13(20)7-9-14)19-22-18-15(21)4-3-5-16(18)27-19;/h3-9H,10-12H2,1-2H3;1H. The summed E-state index contributed by atoms with van der Waals surface area (Å²) in [7, 11) is 3.80. The number of aromatic nitrogens is 1. The summed E-state index contributed by atoms with van der Waals surface area (Å²) in [6.45, 7) is 0.776. The maximum Gasteiger partial charge on any atom is 0.266 e. The number of benzene rings is 2. The van der Waals surface area contributed by atoms with Crippen LogP contribution < -0.4 is 9.64 Å². The molecule has 150 valence electrons. The predicted octanol–water partition coefficient (Wildman–Crippen LogP) is 3.97. The monoisotopic (exact) mass is 427 g/mol. The van der Waals surface area contributed by atoms with E-state index in [9.17, 15) is 13.6 Å². The third-order valence-electron chi connectivity index (χ3n) is 3.84. The maximum absolute atomic E-state index is 14.0. The molecule has 0 bridgehead atoms. The first kappa shape index (κ1) is 22.0. The molecule has 3 aromatic rings. The van der Waals surface area contributed by atoms with Gasteiger partial charge in [-0.3, -0.25) is 9.69 Å². The van der Waals surface area contributed by atoms with E-state index in [2.05, 4.69) is 4.98 Å². The lowest BCUT2D eigenvalue weighted by molar-refractivity contribution is -0.120. The van der Waals surface area contributed by atoms with E-state index in [-0.39, 0.29) is 36.3 Å². The number of thiazole rings is 1. The highest BCUT2D eigenvalue weighted by Gasteiger charge is 2.21. The maximum atomic E-state index is 14.0. The molecule has 5 nitrogen and oxygen atoms in total. The van der Waals surface area contributed by atoms with E-state index in [1.165, 1.54) is 46.6 Å². The van der Waals surface area contributed by atoms with Crippen LogP contribution in [0.3, 0.4) is 0 Å². The van der Waals surface area contributed by atoms with Gasteiger partial charge in [0.25, 0.3) is 5.91 Å². The third kappa shape index (κ3) is 5.37. The minimum absolute atomic E-state index is 0. The van der Waals surface area contributed by atoms with Crippen LogP contribution in [0.4, 0.5) is 13.9 Å². The van der Waals surface area contributed by atoms with E-state index in [0.29, 0.717) is 28.7 Å². The van der Waals surface area contributed by atoms with Crippen molar-refractivity contribution in [1.82, 2.24) is 9.88 Å². The van der Waals surface area contributed by atoms with Crippen LogP contribution in [0.5, 0.6) is 5.75 Å². The van der Waals surface area contributed by atoms with Gasteiger partial charge in [-0.1, -0.05) is 17.4 Å². The summed E-state index contributed by atoms with van der Waals surface area (Å²) in [6.07, 6.45) is 0. The lowest BCUT2D eigenvalue weighted by Crippen LogP contribution is -2.39. The van der Waals surface area contributed by atoms with Crippen LogP contribution in [0.1, 0.15) is 0 Å². The topological polar surface area (TPSA) is 45.7 Å². The van der Waals surface area contributed by atoms with Gasteiger partial charge in [0.1, 0.15) is 22.9 Å². The van der Waals surface area contributed by atoms with E-state index in [4.69, 9.17) is 4.74 Å². The second-order valence-electron chi connectivity index (χ2n) is 6.17. The molecule has 0 aliphatic carbocycles. The molecule has 0 spiro atoms. The molecular weight excluding hydrogens is 408 g/mol. The Morgan fingerprint density at radius 2 is 1.82 bits per heavy atom. The van der Waals surface area contributed by atoms with Gasteiger partial charge in [-0.15, -0.1) is 12.4 Å². The number of carbonyl (C=O) groups is 1. The Balaban J connectivity index is 0.00000280. The third-order valence-corrected chi connectivity index (χ3v) is 4.88. The van der Waals surface area contributed by atoms with Crippen molar-refractivity contribution in [1.29, 1.82) is 0 Å². The van der Waals surface area contributed by atoms with Crippen LogP contribution in [0, 0.1) is 11.6 Å². The average molecular weight is 428 g/mol. The van der Waals surface area contributed by atoms with Gasteiger partial charge in [0.15, 0.2) is 11.7 Å². The summed E-state index contributed by atoms with van der Waals surface area (Å²) in [6, 6.07) is 10.2. The fourth-order valence-corrected chi connectivity index (χ4v) is 3.42. The Hall–Kier alpha value is -2.29. The number of halogens is 3. The van der Waals surface area contributed by atoms with Gasteiger partial charge in [0.05, 0.1) is 4.70 Å². The lowest BCUT2D eigenvalue weighted by atomic mass is 10.3. The van der Waals surface area contributed by atoms with Crippen molar-refractivity contribution in [3.05, 3.63) is 54.1 Å². The molecule has 1 aromatic heterocycles. The number of hydrogen-bond donors (Lipinski definition) is 0. The summed E-state index contributed by atoms with van der Waals surface area (Å²) in [5, 5.41) is 0.421. The largest absolute Gasteiger partial charge is 0.484 e. The number of anilines is 1. The quantitative estimate of drug-likeness (QED) is 0.572. The number of ether oxygens (including phenoxy) is 1. The molecule has 1 amide bonds. The van der Waals surface area contributed by atoms with E-state index < -0.39 is 5.82 Å². The van der Waals surface area contributed by atoms with Gasteiger partial charge in [-0.2, -0.15) is 0 Å². The van der Waals surface area contributed by atoms with Crippen LogP contribution in [0.2, 0.25) is 0 Å². The number of nitrogens with zero attached hydrogens (tertiary/aromatic N) is 3. The molecule has 0 aliphatic rings. The predicted molar refractivity (Wildman–Crippen MR) is 110 cm³/mol. The van der Waals surface area contributed by atoms with Crippen LogP contribution in [-0.2, 0) is 4.79 Å². The summed E-state index contributed by atoms with van der Waals surface area (Å²) in [5.74, 6) is -0.705. The van der Waals surface area contributed by atoms with Gasteiger partial charge in [0, 0.05) is 13.1 Å². The van der Waals surface area contributed by atoms with Gasteiger partial charge in [-0.05, 0) is 50.5 Å². The minimum atomic E-state index is -0.419. The first-order chi connectivity index (χ1) is 12.9. The Bertz CT molecular complexity index is 935. The summed E-state index contributed by atoms with van der Waals surface area (Å²) in [5.41, 5.74) is 0.250. The second-order valence-corrected chi connectivity index (χ2v) is 7.18. The van der Waals surface area contributed by atoms with Crippen molar-refractivity contribution in [3.8, 4) is 5.75 Å². The van der Waals surface area contributed by atoms with Gasteiger partial charge >= 0.3 is 0 Å². The van der Waals surface area contributed by atoms with E-state index in [0.717, 1.165) is 0 Å². The Morgan fingerprint density at radius 3 is 2.46 bits per heavy atom. The average Bonchev–Trinajstić information content (AvgIpc) is 3.06. The number of rotatable bonds is 7. The highest BCUT2D eigenvalue weighted by Crippen LogP contribution is 2.30. The van der Waals surface area contributed by atoms with Crippen LogP contribution in [0.25, 0.3) is 10.2 Å². The van der Waals surface area contributed by atoms with Gasteiger partial charge in [0.2, 0.25) is 0 Å². The van der Waals surface area contributed by atoms with Gasteiger partial charge < -0.3 is 9.64 Å². The van der Waals surface area contributed by atoms with E-state index in [1.54, 1.807) is 12.1 Å². The van der Waals surface area contributed by atoms with E-state index >= 15 is 0 Å². The smallest absolute Gasteiger partial charge is 0.266 e. The zero-order valence-corrected chi connectivity index (χ0v) is 17.0. The molecular formula is C19H20ClF2N3O2S. The number of para-hydroxylation sites is 1. The van der Waals surface area contributed by atoms with Crippen molar-refractivity contribution in [2.24, 2.45) is 0 Å². The summed E-state index contributed by atoms with van der Waals surface area (Å²) >= 11 is 1.25.